The Morgan fingerprint density at radius 1 is 1.59 bits per heavy atom. The van der Waals surface area contributed by atoms with Crippen LogP contribution in [-0.4, -0.2) is 29.9 Å². The van der Waals surface area contributed by atoms with Crippen molar-refractivity contribution in [3.05, 3.63) is 30.1 Å². The average molecular weight is 254 g/mol. The SMILES string of the molecule is COC(=O)CCSC(c1ccccn1)C(C)N. The van der Waals surface area contributed by atoms with Gasteiger partial charge in [-0.2, -0.15) is 0 Å². The lowest BCUT2D eigenvalue weighted by Gasteiger charge is -2.19. The van der Waals surface area contributed by atoms with Gasteiger partial charge in [-0.05, 0) is 19.1 Å². The number of rotatable bonds is 6. The van der Waals surface area contributed by atoms with Gasteiger partial charge in [-0.15, -0.1) is 11.8 Å². The number of nitrogens with zero attached hydrogens (tertiary/aromatic N) is 1. The van der Waals surface area contributed by atoms with Gasteiger partial charge in [-0.25, -0.2) is 0 Å². The summed E-state index contributed by atoms with van der Waals surface area (Å²) in [7, 11) is 1.40. The van der Waals surface area contributed by atoms with Crippen molar-refractivity contribution in [2.45, 2.75) is 24.6 Å². The highest BCUT2D eigenvalue weighted by Gasteiger charge is 2.18. The first kappa shape index (κ1) is 14.0. The first-order valence-electron chi connectivity index (χ1n) is 5.50. The van der Waals surface area contributed by atoms with Crippen LogP contribution in [0.15, 0.2) is 24.4 Å². The molecule has 0 aliphatic rings. The van der Waals surface area contributed by atoms with Crippen molar-refractivity contribution in [3.63, 3.8) is 0 Å². The van der Waals surface area contributed by atoms with E-state index in [4.69, 9.17) is 5.73 Å². The van der Waals surface area contributed by atoms with E-state index in [0.29, 0.717) is 12.2 Å². The van der Waals surface area contributed by atoms with Crippen LogP contribution in [0.3, 0.4) is 0 Å². The third-order valence-electron chi connectivity index (χ3n) is 2.29. The van der Waals surface area contributed by atoms with Crippen molar-refractivity contribution in [2.75, 3.05) is 12.9 Å². The van der Waals surface area contributed by atoms with Gasteiger partial charge in [0.25, 0.3) is 0 Å². The Morgan fingerprint density at radius 3 is 2.88 bits per heavy atom. The van der Waals surface area contributed by atoms with Crippen molar-refractivity contribution in [1.29, 1.82) is 0 Å². The number of pyridine rings is 1. The standard InChI is InChI=1S/C12H18N2O2S/c1-9(13)12(10-5-3-4-7-14-10)17-8-6-11(15)16-2/h3-5,7,9,12H,6,8,13H2,1-2H3. The molecule has 5 heteroatoms. The predicted molar refractivity (Wildman–Crippen MR) is 69.7 cm³/mol. The number of thioether (sulfide) groups is 1. The Kier molecular flexibility index (Phi) is 6.00. The number of ether oxygens (including phenoxy) is 1. The van der Waals surface area contributed by atoms with E-state index in [0.717, 1.165) is 5.69 Å². The van der Waals surface area contributed by atoms with E-state index in [2.05, 4.69) is 9.72 Å². The predicted octanol–water partition coefficient (Wildman–Crippen LogP) is 1.77. The molecule has 2 atom stereocenters. The molecule has 17 heavy (non-hydrogen) atoms. The molecule has 0 fully saturated rings. The van der Waals surface area contributed by atoms with Gasteiger partial charge in [0.05, 0.1) is 24.5 Å². The number of carbonyl (C=O) groups is 1. The highest BCUT2D eigenvalue weighted by molar-refractivity contribution is 7.99. The molecule has 2 N–H and O–H groups in total. The molecule has 1 aromatic rings. The highest BCUT2D eigenvalue weighted by Crippen LogP contribution is 2.30. The van der Waals surface area contributed by atoms with Crippen LogP contribution < -0.4 is 5.73 Å². The van der Waals surface area contributed by atoms with Gasteiger partial charge in [-0.3, -0.25) is 9.78 Å². The molecule has 4 nitrogen and oxygen atoms in total. The van der Waals surface area contributed by atoms with E-state index < -0.39 is 0 Å². The zero-order chi connectivity index (χ0) is 12.7. The first-order chi connectivity index (χ1) is 8.15. The maximum absolute atomic E-state index is 11.0. The molecular formula is C12H18N2O2S. The fourth-order valence-electron chi connectivity index (χ4n) is 1.42. The van der Waals surface area contributed by atoms with Crippen LogP contribution >= 0.6 is 11.8 Å². The number of nitrogens with two attached hydrogens (primary N) is 1. The Morgan fingerprint density at radius 2 is 2.35 bits per heavy atom. The Labute approximate surface area is 106 Å². The van der Waals surface area contributed by atoms with E-state index in [1.165, 1.54) is 7.11 Å². The minimum absolute atomic E-state index is 0.00690. The van der Waals surface area contributed by atoms with Gasteiger partial charge in [0.1, 0.15) is 0 Å². The number of methoxy groups -OCH3 is 1. The van der Waals surface area contributed by atoms with Crippen molar-refractivity contribution < 1.29 is 9.53 Å². The molecule has 0 aliphatic heterocycles. The summed E-state index contributed by atoms with van der Waals surface area (Å²) in [6, 6.07) is 5.77. The fourth-order valence-corrected chi connectivity index (χ4v) is 2.57. The topological polar surface area (TPSA) is 65.2 Å². The zero-order valence-electron chi connectivity index (χ0n) is 10.1. The van der Waals surface area contributed by atoms with Gasteiger partial charge in [0.15, 0.2) is 0 Å². The van der Waals surface area contributed by atoms with E-state index in [-0.39, 0.29) is 17.3 Å². The van der Waals surface area contributed by atoms with Crippen molar-refractivity contribution in [3.8, 4) is 0 Å². The second-order valence-corrected chi connectivity index (χ2v) is 4.98. The molecule has 1 rings (SSSR count). The van der Waals surface area contributed by atoms with Gasteiger partial charge in [0, 0.05) is 18.0 Å². The number of hydrogen-bond donors (Lipinski definition) is 1. The minimum atomic E-state index is -0.193. The zero-order valence-corrected chi connectivity index (χ0v) is 10.9. The fraction of sp³-hybridized carbons (Fsp3) is 0.500. The number of esters is 1. The maximum atomic E-state index is 11.0. The molecule has 0 spiro atoms. The van der Waals surface area contributed by atoms with E-state index in [1.807, 2.05) is 25.1 Å². The number of aromatic nitrogens is 1. The maximum Gasteiger partial charge on any atom is 0.306 e. The molecule has 0 aliphatic carbocycles. The second kappa shape index (κ2) is 7.29. The summed E-state index contributed by atoms with van der Waals surface area (Å²) in [5, 5.41) is 0.112. The summed E-state index contributed by atoms with van der Waals surface area (Å²) in [4.78, 5) is 15.3. The first-order valence-corrected chi connectivity index (χ1v) is 6.55. The van der Waals surface area contributed by atoms with E-state index >= 15 is 0 Å². The molecule has 1 aromatic heterocycles. The molecule has 0 bridgehead atoms. The molecule has 0 saturated carbocycles. The molecule has 0 amide bonds. The summed E-state index contributed by atoms with van der Waals surface area (Å²) in [6.07, 6.45) is 2.16. The molecule has 0 saturated heterocycles. The van der Waals surface area contributed by atoms with Crippen LogP contribution in [0.4, 0.5) is 0 Å². The lowest BCUT2D eigenvalue weighted by atomic mass is 10.2. The molecule has 94 valence electrons. The molecular weight excluding hydrogens is 236 g/mol. The van der Waals surface area contributed by atoms with Crippen LogP contribution in [0, 0.1) is 0 Å². The Balaban J connectivity index is 2.53. The van der Waals surface area contributed by atoms with E-state index in [1.54, 1.807) is 18.0 Å². The smallest absolute Gasteiger partial charge is 0.306 e. The van der Waals surface area contributed by atoms with Crippen LogP contribution in [-0.2, 0) is 9.53 Å². The van der Waals surface area contributed by atoms with Gasteiger partial charge in [0.2, 0.25) is 0 Å². The Hall–Kier alpha value is -1.07. The lowest BCUT2D eigenvalue weighted by molar-refractivity contribution is -0.140. The van der Waals surface area contributed by atoms with Crippen molar-refractivity contribution in [1.82, 2.24) is 4.98 Å². The van der Waals surface area contributed by atoms with E-state index in [9.17, 15) is 4.79 Å². The summed E-state index contributed by atoms with van der Waals surface area (Å²) in [6.45, 7) is 1.95. The van der Waals surface area contributed by atoms with Crippen LogP contribution in [0.1, 0.15) is 24.3 Å². The lowest BCUT2D eigenvalue weighted by Crippen LogP contribution is -2.23. The second-order valence-electron chi connectivity index (χ2n) is 3.73. The number of carbonyl (C=O) groups excluding carboxylic acids is 1. The van der Waals surface area contributed by atoms with Gasteiger partial charge >= 0.3 is 5.97 Å². The van der Waals surface area contributed by atoms with Crippen LogP contribution in [0.25, 0.3) is 0 Å². The molecule has 2 unspecified atom stereocenters. The number of hydrogen-bond acceptors (Lipinski definition) is 5. The molecule has 0 aromatic carbocycles. The minimum Gasteiger partial charge on any atom is -0.469 e. The average Bonchev–Trinajstić information content (AvgIpc) is 2.34. The van der Waals surface area contributed by atoms with Crippen LogP contribution in [0.5, 0.6) is 0 Å². The largest absolute Gasteiger partial charge is 0.469 e. The monoisotopic (exact) mass is 254 g/mol. The summed E-state index contributed by atoms with van der Waals surface area (Å²) in [5.41, 5.74) is 6.90. The third kappa shape index (κ3) is 4.75. The Bertz CT molecular complexity index is 344. The normalized spacial score (nSPS) is 14.1. The molecule has 1 heterocycles. The van der Waals surface area contributed by atoms with Crippen molar-refractivity contribution in [2.24, 2.45) is 5.73 Å². The molecule has 0 radical (unpaired) electrons. The highest BCUT2D eigenvalue weighted by atomic mass is 32.2. The summed E-state index contributed by atoms with van der Waals surface area (Å²) >= 11 is 1.64. The quantitative estimate of drug-likeness (QED) is 0.784. The third-order valence-corrected chi connectivity index (χ3v) is 3.76. The van der Waals surface area contributed by atoms with Crippen molar-refractivity contribution >= 4 is 17.7 Å². The van der Waals surface area contributed by atoms with Gasteiger partial charge < -0.3 is 10.5 Å². The van der Waals surface area contributed by atoms with Gasteiger partial charge in [-0.1, -0.05) is 6.07 Å². The van der Waals surface area contributed by atoms with Crippen LogP contribution in [0.2, 0.25) is 0 Å². The summed E-state index contributed by atoms with van der Waals surface area (Å²) < 4.78 is 4.60. The summed E-state index contributed by atoms with van der Waals surface area (Å²) in [5.74, 6) is 0.497.